The van der Waals surface area contributed by atoms with Gasteiger partial charge in [0.1, 0.15) is 11.5 Å². The van der Waals surface area contributed by atoms with E-state index in [9.17, 15) is 9.90 Å². The van der Waals surface area contributed by atoms with Gasteiger partial charge in [0.15, 0.2) is 4.32 Å². The first-order valence-electron chi connectivity index (χ1n) is 4.53. The second-order valence-electron chi connectivity index (χ2n) is 3.29. The number of aromatic hydroxyl groups is 2. The Bertz CT molecular complexity index is 542. The van der Waals surface area contributed by atoms with Crippen LogP contribution < -0.4 is 5.84 Å². The number of carbonyl (C=O) groups is 1. The molecule has 0 atom stereocenters. The normalized spacial score (nSPS) is 18.2. The van der Waals surface area contributed by atoms with Crippen molar-refractivity contribution < 1.29 is 15.0 Å². The molecule has 0 spiro atoms. The van der Waals surface area contributed by atoms with Gasteiger partial charge in [-0.1, -0.05) is 24.0 Å². The number of amides is 1. The number of hydrazine groups is 1. The Balaban J connectivity index is 2.37. The van der Waals surface area contributed by atoms with Gasteiger partial charge in [0.25, 0.3) is 5.91 Å². The largest absolute Gasteiger partial charge is 0.508 e. The fourth-order valence-electron chi connectivity index (χ4n) is 1.28. The smallest absolute Gasteiger partial charge is 0.280 e. The van der Waals surface area contributed by atoms with Crippen molar-refractivity contribution in [1.29, 1.82) is 0 Å². The number of hydrogen-bond donors (Lipinski definition) is 3. The molecule has 1 fully saturated rings. The van der Waals surface area contributed by atoms with Gasteiger partial charge in [-0.05, 0) is 18.2 Å². The maximum atomic E-state index is 11.6. The van der Waals surface area contributed by atoms with Crippen LogP contribution in [0.25, 0.3) is 6.08 Å². The maximum Gasteiger partial charge on any atom is 0.280 e. The molecule has 1 amide bonds. The molecule has 88 valence electrons. The fraction of sp³-hybridized carbons (Fsp3) is 0. The summed E-state index contributed by atoms with van der Waals surface area (Å²) in [5, 5.41) is 19.6. The van der Waals surface area contributed by atoms with Gasteiger partial charge in [-0.25, -0.2) is 10.9 Å². The molecule has 0 radical (unpaired) electrons. The SMILES string of the molecule is NN1C(=O)/C(=C\c2ccc(O)cc2O)SC1=S. The summed E-state index contributed by atoms with van der Waals surface area (Å²) in [7, 11) is 0. The van der Waals surface area contributed by atoms with Crippen LogP contribution in [0.4, 0.5) is 0 Å². The zero-order chi connectivity index (χ0) is 12.6. The summed E-state index contributed by atoms with van der Waals surface area (Å²) in [4.78, 5) is 11.9. The highest BCUT2D eigenvalue weighted by Crippen LogP contribution is 2.33. The standard InChI is InChI=1S/C10H8N2O3S2/c11-12-9(15)8(17-10(12)16)3-5-1-2-6(13)4-7(5)14/h1-4,13-14H,11H2/b8-3+. The molecule has 2 rings (SSSR count). The molecule has 0 bridgehead atoms. The molecule has 1 heterocycles. The predicted molar refractivity (Wildman–Crippen MR) is 69.0 cm³/mol. The average molecular weight is 268 g/mol. The van der Waals surface area contributed by atoms with E-state index < -0.39 is 5.91 Å². The van der Waals surface area contributed by atoms with Crippen molar-refractivity contribution in [3.8, 4) is 11.5 Å². The minimum absolute atomic E-state index is 0.0500. The van der Waals surface area contributed by atoms with Crippen molar-refractivity contribution in [2.24, 2.45) is 5.84 Å². The highest BCUT2D eigenvalue weighted by Gasteiger charge is 2.29. The number of benzene rings is 1. The van der Waals surface area contributed by atoms with Crippen LogP contribution in [0, 0.1) is 0 Å². The Hall–Kier alpha value is -1.57. The summed E-state index contributed by atoms with van der Waals surface area (Å²) < 4.78 is 0.263. The van der Waals surface area contributed by atoms with Crippen LogP contribution in [-0.4, -0.2) is 25.4 Å². The van der Waals surface area contributed by atoms with E-state index in [-0.39, 0.29) is 15.8 Å². The molecular formula is C10H8N2O3S2. The summed E-state index contributed by atoms with van der Waals surface area (Å²) >= 11 is 5.93. The van der Waals surface area contributed by atoms with Crippen molar-refractivity contribution in [2.75, 3.05) is 0 Å². The second-order valence-corrected chi connectivity index (χ2v) is 4.97. The molecule has 1 aliphatic rings. The van der Waals surface area contributed by atoms with Crippen LogP contribution >= 0.6 is 24.0 Å². The number of carbonyl (C=O) groups excluding carboxylic acids is 1. The summed E-state index contributed by atoms with van der Waals surface area (Å²) in [5.74, 6) is 4.83. The number of nitrogens with two attached hydrogens (primary N) is 1. The third kappa shape index (κ3) is 2.26. The first-order chi connectivity index (χ1) is 7.99. The van der Waals surface area contributed by atoms with Crippen molar-refractivity contribution in [2.45, 2.75) is 0 Å². The highest BCUT2D eigenvalue weighted by molar-refractivity contribution is 8.26. The van der Waals surface area contributed by atoms with E-state index in [1.165, 1.54) is 24.3 Å². The Kier molecular flexibility index (Phi) is 3.05. The predicted octanol–water partition coefficient (Wildman–Crippen LogP) is 1.17. The summed E-state index contributed by atoms with van der Waals surface area (Å²) in [6.07, 6.45) is 1.47. The summed E-state index contributed by atoms with van der Waals surface area (Å²) in [5.41, 5.74) is 0.414. The Morgan fingerprint density at radius 2 is 2.12 bits per heavy atom. The van der Waals surface area contributed by atoms with Gasteiger partial charge in [0.05, 0.1) is 4.91 Å². The fourth-order valence-corrected chi connectivity index (χ4v) is 2.37. The van der Waals surface area contributed by atoms with Gasteiger partial charge >= 0.3 is 0 Å². The first kappa shape index (κ1) is 11.9. The summed E-state index contributed by atoms with van der Waals surface area (Å²) in [6.45, 7) is 0. The molecule has 1 aromatic carbocycles. The topological polar surface area (TPSA) is 86.8 Å². The molecule has 0 aliphatic carbocycles. The number of rotatable bonds is 1. The molecule has 7 heteroatoms. The van der Waals surface area contributed by atoms with Crippen LogP contribution in [0.3, 0.4) is 0 Å². The summed E-state index contributed by atoms with van der Waals surface area (Å²) in [6, 6.07) is 4.09. The van der Waals surface area contributed by atoms with E-state index in [0.29, 0.717) is 10.5 Å². The average Bonchev–Trinajstić information content (AvgIpc) is 2.50. The van der Waals surface area contributed by atoms with E-state index in [2.05, 4.69) is 0 Å². The molecular weight excluding hydrogens is 260 g/mol. The van der Waals surface area contributed by atoms with Crippen molar-refractivity contribution in [1.82, 2.24) is 5.01 Å². The van der Waals surface area contributed by atoms with Gasteiger partial charge in [0, 0.05) is 11.6 Å². The van der Waals surface area contributed by atoms with E-state index in [4.69, 9.17) is 23.2 Å². The van der Waals surface area contributed by atoms with E-state index in [1.54, 1.807) is 0 Å². The minimum atomic E-state index is -0.410. The molecule has 0 unspecified atom stereocenters. The van der Waals surface area contributed by atoms with Crippen LogP contribution in [0.15, 0.2) is 23.1 Å². The van der Waals surface area contributed by atoms with Crippen molar-refractivity contribution >= 4 is 40.3 Å². The molecule has 4 N–H and O–H groups in total. The van der Waals surface area contributed by atoms with Gasteiger partial charge < -0.3 is 10.2 Å². The lowest BCUT2D eigenvalue weighted by molar-refractivity contribution is -0.122. The zero-order valence-electron chi connectivity index (χ0n) is 8.45. The number of thioether (sulfide) groups is 1. The molecule has 1 saturated heterocycles. The van der Waals surface area contributed by atoms with E-state index in [0.717, 1.165) is 16.8 Å². The molecule has 5 nitrogen and oxygen atoms in total. The number of phenols is 2. The lowest BCUT2D eigenvalue weighted by atomic mass is 10.2. The maximum absolute atomic E-state index is 11.6. The van der Waals surface area contributed by atoms with Crippen LogP contribution in [0.1, 0.15) is 5.56 Å². The Morgan fingerprint density at radius 3 is 2.65 bits per heavy atom. The monoisotopic (exact) mass is 268 g/mol. The lowest BCUT2D eigenvalue weighted by Gasteiger charge is -2.03. The molecule has 1 aromatic rings. The number of hydrogen-bond acceptors (Lipinski definition) is 6. The quantitative estimate of drug-likeness (QED) is 0.307. The van der Waals surface area contributed by atoms with Crippen LogP contribution in [0.2, 0.25) is 0 Å². The van der Waals surface area contributed by atoms with Crippen LogP contribution in [-0.2, 0) is 4.79 Å². The molecule has 17 heavy (non-hydrogen) atoms. The van der Waals surface area contributed by atoms with Gasteiger partial charge in [-0.3, -0.25) is 4.79 Å². The van der Waals surface area contributed by atoms with Crippen molar-refractivity contribution in [3.63, 3.8) is 0 Å². The van der Waals surface area contributed by atoms with Gasteiger partial charge in [0.2, 0.25) is 0 Å². The van der Waals surface area contributed by atoms with E-state index in [1.807, 2.05) is 0 Å². The van der Waals surface area contributed by atoms with Gasteiger partial charge in [-0.15, -0.1) is 0 Å². The van der Waals surface area contributed by atoms with Crippen molar-refractivity contribution in [3.05, 3.63) is 28.7 Å². The van der Waals surface area contributed by atoms with Crippen LogP contribution in [0.5, 0.6) is 11.5 Å². The second kappa shape index (κ2) is 4.36. The molecule has 1 aliphatic heterocycles. The third-order valence-electron chi connectivity index (χ3n) is 2.12. The Morgan fingerprint density at radius 1 is 1.41 bits per heavy atom. The number of nitrogens with zero attached hydrogens (tertiary/aromatic N) is 1. The highest BCUT2D eigenvalue weighted by atomic mass is 32.2. The molecule has 0 saturated carbocycles. The zero-order valence-corrected chi connectivity index (χ0v) is 10.1. The number of thiocarbonyl (C=S) groups is 1. The van der Waals surface area contributed by atoms with E-state index >= 15 is 0 Å². The first-order valence-corrected chi connectivity index (χ1v) is 5.76. The molecule has 0 aromatic heterocycles. The number of phenolic OH excluding ortho intramolecular Hbond substituents is 2. The van der Waals surface area contributed by atoms with Gasteiger partial charge in [-0.2, -0.15) is 0 Å². The third-order valence-corrected chi connectivity index (χ3v) is 3.45. The Labute approximate surface area is 106 Å². The lowest BCUT2D eigenvalue weighted by Crippen LogP contribution is -2.34. The minimum Gasteiger partial charge on any atom is -0.508 e.